The van der Waals surface area contributed by atoms with Crippen LogP contribution in [0.4, 0.5) is 0 Å². The summed E-state index contributed by atoms with van der Waals surface area (Å²) in [5, 5.41) is 0. The van der Waals surface area contributed by atoms with E-state index in [1.54, 1.807) is 0 Å². The SMILES string of the molecule is COC(=O)C1C=C2CC(=O)CCC2(C)C2CCC3(C)C(CCC34CCC(=O)O4)C12. The monoisotopic (exact) mass is 400 g/mol. The molecule has 5 heteroatoms. The number of fused-ring (bicyclic) bond motifs is 6. The molecule has 0 aromatic rings. The average molecular weight is 401 g/mol. The minimum Gasteiger partial charge on any atom is -0.469 e. The van der Waals surface area contributed by atoms with E-state index in [9.17, 15) is 14.4 Å². The lowest BCUT2D eigenvalue weighted by Crippen LogP contribution is -2.57. The van der Waals surface area contributed by atoms with Crippen LogP contribution in [0.5, 0.6) is 0 Å². The number of Topliss-reactive ketones (excluding diaryl/α,β-unsaturated/α-hetero) is 1. The second-order valence-electron chi connectivity index (χ2n) is 10.6. The Morgan fingerprint density at radius 1 is 1.07 bits per heavy atom. The van der Waals surface area contributed by atoms with Crippen molar-refractivity contribution >= 4 is 17.7 Å². The zero-order valence-corrected chi connectivity index (χ0v) is 17.8. The molecule has 4 fully saturated rings. The number of rotatable bonds is 1. The molecule has 0 aromatic heterocycles. The molecular formula is C24H32O5. The number of hydrogen-bond donors (Lipinski definition) is 0. The highest BCUT2D eigenvalue weighted by Gasteiger charge is 2.68. The molecule has 1 saturated heterocycles. The molecule has 4 aliphatic carbocycles. The Labute approximate surface area is 172 Å². The minimum atomic E-state index is -0.353. The van der Waals surface area contributed by atoms with E-state index < -0.39 is 0 Å². The molecule has 5 nitrogen and oxygen atoms in total. The van der Waals surface area contributed by atoms with Gasteiger partial charge in [-0.3, -0.25) is 14.4 Å². The first-order chi connectivity index (χ1) is 13.7. The molecule has 5 aliphatic rings. The summed E-state index contributed by atoms with van der Waals surface area (Å²) in [6.45, 7) is 4.62. The van der Waals surface area contributed by atoms with Crippen LogP contribution in [0, 0.1) is 34.5 Å². The zero-order chi connectivity index (χ0) is 20.6. The molecule has 7 unspecified atom stereocenters. The van der Waals surface area contributed by atoms with Gasteiger partial charge in [0.05, 0.1) is 13.0 Å². The highest BCUT2D eigenvalue weighted by atomic mass is 16.6. The number of esters is 2. The van der Waals surface area contributed by atoms with Crippen LogP contribution in [0.1, 0.15) is 71.6 Å². The maximum atomic E-state index is 12.9. The van der Waals surface area contributed by atoms with E-state index in [0.29, 0.717) is 31.1 Å². The summed E-state index contributed by atoms with van der Waals surface area (Å²) in [4.78, 5) is 37.2. The van der Waals surface area contributed by atoms with Gasteiger partial charge in [-0.05, 0) is 61.7 Å². The third kappa shape index (κ3) is 2.42. The number of ketones is 1. The molecule has 29 heavy (non-hydrogen) atoms. The third-order valence-electron chi connectivity index (χ3n) is 9.80. The quantitative estimate of drug-likeness (QED) is 0.492. The Kier molecular flexibility index (Phi) is 4.12. The Balaban J connectivity index is 1.59. The molecule has 0 N–H and O–H groups in total. The standard InChI is InChI=1S/C24H32O5/c1-22-8-4-15(25)12-14(22)13-16(21(27)28-3)20-17(22)5-9-23(2)18(20)6-10-24(23)11-7-19(26)29-24/h13,16-18,20H,4-12H2,1-3H3. The summed E-state index contributed by atoms with van der Waals surface area (Å²) < 4.78 is 11.3. The van der Waals surface area contributed by atoms with Crippen LogP contribution in [-0.4, -0.2) is 30.4 Å². The van der Waals surface area contributed by atoms with Crippen molar-refractivity contribution in [3.8, 4) is 0 Å². The van der Waals surface area contributed by atoms with E-state index in [1.807, 2.05) is 0 Å². The molecule has 0 bridgehead atoms. The molecule has 1 heterocycles. The number of hydrogen-bond acceptors (Lipinski definition) is 5. The number of ether oxygens (including phenoxy) is 2. The molecule has 7 atom stereocenters. The molecule has 1 spiro atoms. The van der Waals surface area contributed by atoms with E-state index >= 15 is 0 Å². The number of carbonyl (C=O) groups is 3. The fraction of sp³-hybridized carbons (Fsp3) is 0.792. The van der Waals surface area contributed by atoms with Crippen molar-refractivity contribution in [1.82, 2.24) is 0 Å². The Morgan fingerprint density at radius 2 is 1.83 bits per heavy atom. The van der Waals surface area contributed by atoms with Gasteiger partial charge >= 0.3 is 11.9 Å². The van der Waals surface area contributed by atoms with E-state index in [4.69, 9.17) is 9.47 Å². The molecular weight excluding hydrogens is 368 g/mol. The average Bonchev–Trinajstić information content (AvgIpc) is 3.22. The van der Waals surface area contributed by atoms with Gasteiger partial charge < -0.3 is 9.47 Å². The summed E-state index contributed by atoms with van der Waals surface area (Å²) in [6.07, 6.45) is 9.38. The van der Waals surface area contributed by atoms with E-state index in [-0.39, 0.29) is 46.0 Å². The largest absolute Gasteiger partial charge is 0.469 e. The van der Waals surface area contributed by atoms with Crippen molar-refractivity contribution in [2.24, 2.45) is 34.5 Å². The fourth-order valence-electron chi connectivity index (χ4n) is 8.16. The van der Waals surface area contributed by atoms with Crippen LogP contribution in [0.25, 0.3) is 0 Å². The lowest BCUT2D eigenvalue weighted by Gasteiger charge is -2.59. The first-order valence-corrected chi connectivity index (χ1v) is 11.3. The molecule has 0 radical (unpaired) electrons. The molecule has 3 saturated carbocycles. The topological polar surface area (TPSA) is 69.7 Å². The van der Waals surface area contributed by atoms with Gasteiger partial charge in [0, 0.05) is 24.7 Å². The Morgan fingerprint density at radius 3 is 2.52 bits per heavy atom. The van der Waals surface area contributed by atoms with Crippen LogP contribution in [0.3, 0.4) is 0 Å². The van der Waals surface area contributed by atoms with E-state index in [1.165, 1.54) is 7.11 Å². The van der Waals surface area contributed by atoms with E-state index in [2.05, 4.69) is 19.9 Å². The fourth-order valence-corrected chi connectivity index (χ4v) is 8.16. The van der Waals surface area contributed by atoms with Crippen molar-refractivity contribution in [3.63, 3.8) is 0 Å². The van der Waals surface area contributed by atoms with Crippen molar-refractivity contribution in [3.05, 3.63) is 11.6 Å². The van der Waals surface area contributed by atoms with Crippen molar-refractivity contribution in [2.45, 2.75) is 77.2 Å². The molecule has 5 rings (SSSR count). The maximum Gasteiger partial charge on any atom is 0.312 e. The van der Waals surface area contributed by atoms with E-state index in [0.717, 1.165) is 44.1 Å². The summed E-state index contributed by atoms with van der Waals surface area (Å²) >= 11 is 0. The second-order valence-corrected chi connectivity index (χ2v) is 10.6. The first-order valence-electron chi connectivity index (χ1n) is 11.3. The molecule has 0 amide bonds. The number of methoxy groups -OCH3 is 1. The van der Waals surface area contributed by atoms with Crippen LogP contribution in [-0.2, 0) is 23.9 Å². The van der Waals surface area contributed by atoms with Crippen LogP contribution >= 0.6 is 0 Å². The summed E-state index contributed by atoms with van der Waals surface area (Å²) in [5.41, 5.74) is 0.716. The van der Waals surface area contributed by atoms with Gasteiger partial charge in [-0.15, -0.1) is 0 Å². The lowest BCUT2D eigenvalue weighted by molar-refractivity contribution is -0.173. The summed E-state index contributed by atoms with van der Waals surface area (Å²) in [5.74, 6) is 0.656. The highest BCUT2D eigenvalue weighted by Crippen LogP contribution is 2.70. The highest BCUT2D eigenvalue weighted by molar-refractivity contribution is 5.84. The van der Waals surface area contributed by atoms with Crippen LogP contribution in [0.15, 0.2) is 11.6 Å². The Hall–Kier alpha value is -1.65. The number of allylic oxidation sites excluding steroid dienone is 1. The van der Waals surface area contributed by atoms with Gasteiger partial charge in [-0.2, -0.15) is 0 Å². The number of carbonyl (C=O) groups excluding carboxylic acids is 3. The van der Waals surface area contributed by atoms with Gasteiger partial charge in [-0.1, -0.05) is 25.5 Å². The van der Waals surface area contributed by atoms with Gasteiger partial charge in [0.2, 0.25) is 0 Å². The second kappa shape index (κ2) is 6.18. The first kappa shape index (κ1) is 19.3. The lowest BCUT2D eigenvalue weighted by atomic mass is 9.45. The van der Waals surface area contributed by atoms with Crippen molar-refractivity contribution < 1.29 is 23.9 Å². The smallest absolute Gasteiger partial charge is 0.312 e. The van der Waals surface area contributed by atoms with Crippen molar-refractivity contribution in [2.75, 3.05) is 7.11 Å². The summed E-state index contributed by atoms with van der Waals surface area (Å²) in [6, 6.07) is 0. The van der Waals surface area contributed by atoms with Crippen LogP contribution in [0.2, 0.25) is 0 Å². The molecule has 158 valence electrons. The van der Waals surface area contributed by atoms with Gasteiger partial charge in [0.15, 0.2) is 0 Å². The molecule has 0 aromatic carbocycles. The zero-order valence-electron chi connectivity index (χ0n) is 17.8. The predicted molar refractivity (Wildman–Crippen MR) is 106 cm³/mol. The third-order valence-corrected chi connectivity index (χ3v) is 9.80. The van der Waals surface area contributed by atoms with Gasteiger partial charge in [0.1, 0.15) is 11.4 Å². The maximum absolute atomic E-state index is 12.9. The molecule has 1 aliphatic heterocycles. The normalized spacial score (nSPS) is 48.4. The van der Waals surface area contributed by atoms with Crippen LogP contribution < -0.4 is 0 Å². The minimum absolute atomic E-state index is 0.00741. The summed E-state index contributed by atoms with van der Waals surface area (Å²) in [7, 11) is 1.46. The Bertz CT molecular complexity index is 814. The predicted octanol–water partition coefficient (Wildman–Crippen LogP) is 3.99. The van der Waals surface area contributed by atoms with Gasteiger partial charge in [0.25, 0.3) is 0 Å². The van der Waals surface area contributed by atoms with Crippen molar-refractivity contribution in [1.29, 1.82) is 0 Å². The van der Waals surface area contributed by atoms with Gasteiger partial charge in [-0.25, -0.2) is 0 Å².